The van der Waals surface area contributed by atoms with E-state index in [1.165, 1.54) is 0 Å². The summed E-state index contributed by atoms with van der Waals surface area (Å²) in [7, 11) is 1.77. The molecule has 2 heterocycles. The van der Waals surface area contributed by atoms with Crippen LogP contribution in [0.3, 0.4) is 0 Å². The minimum Gasteiger partial charge on any atom is -0.463 e. The lowest BCUT2D eigenvalue weighted by Gasteiger charge is -2.15. The predicted molar refractivity (Wildman–Crippen MR) is 77.2 cm³/mol. The smallest absolute Gasteiger partial charge is 0.323 e. The van der Waals surface area contributed by atoms with Crippen molar-refractivity contribution in [2.24, 2.45) is 5.92 Å². The molecule has 0 bridgehead atoms. The summed E-state index contributed by atoms with van der Waals surface area (Å²) in [5.41, 5.74) is 0. The fourth-order valence-electron chi connectivity index (χ4n) is 2.07. The van der Waals surface area contributed by atoms with E-state index in [4.69, 9.17) is 9.47 Å². The number of nitrogens with one attached hydrogen (secondary N) is 2. The highest BCUT2D eigenvalue weighted by Crippen LogP contribution is 2.21. The maximum Gasteiger partial charge on any atom is 0.323 e. The molecule has 2 atom stereocenters. The van der Waals surface area contributed by atoms with Crippen LogP contribution in [0.1, 0.15) is 26.7 Å². The highest BCUT2D eigenvalue weighted by atomic mass is 16.5. The van der Waals surface area contributed by atoms with Crippen molar-refractivity contribution in [2.45, 2.75) is 32.8 Å². The van der Waals surface area contributed by atoms with Crippen molar-refractivity contribution >= 4 is 11.9 Å². The second-order valence-electron chi connectivity index (χ2n) is 4.87. The van der Waals surface area contributed by atoms with Crippen LogP contribution < -0.4 is 15.4 Å². The lowest BCUT2D eigenvalue weighted by molar-refractivity contribution is 0.108. The van der Waals surface area contributed by atoms with E-state index in [0.717, 1.165) is 26.0 Å². The first-order valence-corrected chi connectivity index (χ1v) is 7.15. The Morgan fingerprint density at radius 3 is 2.75 bits per heavy atom. The van der Waals surface area contributed by atoms with Crippen LogP contribution in [0.2, 0.25) is 0 Å². The third kappa shape index (κ3) is 3.93. The fraction of sp³-hybridized carbons (Fsp3) is 0.769. The lowest BCUT2D eigenvalue weighted by Crippen LogP contribution is -2.22. The van der Waals surface area contributed by atoms with E-state index in [2.05, 4.69) is 32.5 Å². The van der Waals surface area contributed by atoms with E-state index in [1.807, 2.05) is 6.92 Å². The van der Waals surface area contributed by atoms with Gasteiger partial charge in [0, 0.05) is 26.1 Å². The summed E-state index contributed by atoms with van der Waals surface area (Å²) < 4.78 is 11.0. The van der Waals surface area contributed by atoms with Crippen LogP contribution in [0.15, 0.2) is 0 Å². The van der Waals surface area contributed by atoms with Crippen molar-refractivity contribution in [3.63, 3.8) is 0 Å². The highest BCUT2D eigenvalue weighted by Gasteiger charge is 2.24. The molecule has 1 saturated heterocycles. The summed E-state index contributed by atoms with van der Waals surface area (Å²) in [5, 5.41) is 6.16. The maximum atomic E-state index is 5.55. The number of anilines is 2. The lowest BCUT2D eigenvalue weighted by atomic mass is 10.0. The number of hydrogen-bond donors (Lipinski definition) is 2. The van der Waals surface area contributed by atoms with Gasteiger partial charge in [0.1, 0.15) is 0 Å². The second kappa shape index (κ2) is 7.23. The van der Waals surface area contributed by atoms with Gasteiger partial charge in [-0.15, -0.1) is 0 Å². The third-order valence-corrected chi connectivity index (χ3v) is 3.33. The van der Waals surface area contributed by atoms with Crippen LogP contribution in [0, 0.1) is 5.92 Å². The summed E-state index contributed by atoms with van der Waals surface area (Å²) in [6, 6.07) is 0.351. The Balaban J connectivity index is 1.98. The molecule has 1 fully saturated rings. The van der Waals surface area contributed by atoms with E-state index in [1.54, 1.807) is 7.05 Å². The van der Waals surface area contributed by atoms with Gasteiger partial charge in [-0.05, 0) is 19.8 Å². The Morgan fingerprint density at radius 2 is 2.10 bits per heavy atom. The minimum atomic E-state index is 0.281. The quantitative estimate of drug-likeness (QED) is 0.784. The van der Waals surface area contributed by atoms with Crippen LogP contribution in [-0.4, -0.2) is 47.9 Å². The average molecular weight is 281 g/mol. The summed E-state index contributed by atoms with van der Waals surface area (Å²) >= 11 is 0. The highest BCUT2D eigenvalue weighted by molar-refractivity contribution is 5.35. The van der Waals surface area contributed by atoms with Crippen LogP contribution in [0.5, 0.6) is 6.01 Å². The molecule has 1 aliphatic rings. The number of ether oxygens (including phenoxy) is 2. The zero-order valence-corrected chi connectivity index (χ0v) is 12.3. The molecule has 2 N–H and O–H groups in total. The molecule has 0 aromatic carbocycles. The standard InChI is InChI=1S/C13H23N5O2/c1-4-6-20-13-17-11(14-3)16-12(18-13)15-8-10-5-7-19-9(10)2/h9-10H,4-8H2,1-3H3,(H2,14,15,16,17,18). The van der Waals surface area contributed by atoms with E-state index in [9.17, 15) is 0 Å². The molecule has 112 valence electrons. The van der Waals surface area contributed by atoms with Gasteiger partial charge >= 0.3 is 6.01 Å². The molecule has 1 aromatic rings. The molecule has 7 nitrogen and oxygen atoms in total. The Hall–Kier alpha value is -1.63. The molecule has 0 amide bonds. The molecule has 2 unspecified atom stereocenters. The SMILES string of the molecule is CCCOc1nc(NC)nc(NCC2CCOC2C)n1. The summed E-state index contributed by atoms with van der Waals surface area (Å²) in [6.45, 7) is 6.36. The van der Waals surface area contributed by atoms with Gasteiger partial charge in [-0.2, -0.15) is 15.0 Å². The number of aromatic nitrogens is 3. The predicted octanol–water partition coefficient (Wildman–Crippen LogP) is 1.54. The molecular formula is C13H23N5O2. The fourth-order valence-corrected chi connectivity index (χ4v) is 2.07. The topological polar surface area (TPSA) is 81.2 Å². The van der Waals surface area contributed by atoms with Crippen molar-refractivity contribution in [1.29, 1.82) is 0 Å². The van der Waals surface area contributed by atoms with Crippen molar-refractivity contribution < 1.29 is 9.47 Å². The first-order valence-electron chi connectivity index (χ1n) is 7.15. The van der Waals surface area contributed by atoms with Crippen molar-refractivity contribution in [1.82, 2.24) is 15.0 Å². The molecule has 20 heavy (non-hydrogen) atoms. The molecule has 0 radical (unpaired) electrons. The van der Waals surface area contributed by atoms with Gasteiger partial charge in [-0.25, -0.2) is 0 Å². The van der Waals surface area contributed by atoms with E-state index in [-0.39, 0.29) is 6.10 Å². The van der Waals surface area contributed by atoms with Gasteiger partial charge in [-0.3, -0.25) is 0 Å². The summed E-state index contributed by atoms with van der Waals surface area (Å²) in [4.78, 5) is 12.7. The molecule has 0 saturated carbocycles. The first-order chi connectivity index (χ1) is 9.72. The van der Waals surface area contributed by atoms with Gasteiger partial charge in [-0.1, -0.05) is 6.92 Å². The monoisotopic (exact) mass is 281 g/mol. The Morgan fingerprint density at radius 1 is 1.30 bits per heavy atom. The Kier molecular flexibility index (Phi) is 5.34. The van der Waals surface area contributed by atoms with E-state index >= 15 is 0 Å². The van der Waals surface area contributed by atoms with Gasteiger partial charge in [0.15, 0.2) is 0 Å². The zero-order valence-electron chi connectivity index (χ0n) is 12.3. The maximum absolute atomic E-state index is 5.55. The van der Waals surface area contributed by atoms with Crippen molar-refractivity contribution in [3.05, 3.63) is 0 Å². The van der Waals surface area contributed by atoms with E-state index in [0.29, 0.717) is 30.4 Å². The van der Waals surface area contributed by atoms with Crippen LogP contribution in [-0.2, 0) is 4.74 Å². The summed E-state index contributed by atoms with van der Waals surface area (Å²) in [5.74, 6) is 1.53. The average Bonchev–Trinajstić information content (AvgIpc) is 2.88. The number of nitrogens with zero attached hydrogens (tertiary/aromatic N) is 3. The molecule has 0 aliphatic carbocycles. The van der Waals surface area contributed by atoms with Crippen molar-refractivity contribution in [2.75, 3.05) is 37.4 Å². The molecule has 2 rings (SSSR count). The molecule has 0 spiro atoms. The van der Waals surface area contributed by atoms with Crippen molar-refractivity contribution in [3.8, 4) is 6.01 Å². The second-order valence-corrected chi connectivity index (χ2v) is 4.87. The normalized spacial score (nSPS) is 21.8. The van der Waals surface area contributed by atoms with Gasteiger partial charge < -0.3 is 20.1 Å². The van der Waals surface area contributed by atoms with Crippen LogP contribution in [0.4, 0.5) is 11.9 Å². The zero-order chi connectivity index (χ0) is 14.4. The van der Waals surface area contributed by atoms with Gasteiger partial charge in [0.05, 0.1) is 12.7 Å². The minimum absolute atomic E-state index is 0.281. The van der Waals surface area contributed by atoms with Gasteiger partial charge in [0.25, 0.3) is 0 Å². The van der Waals surface area contributed by atoms with E-state index < -0.39 is 0 Å². The Bertz CT molecular complexity index is 429. The number of hydrogen-bond acceptors (Lipinski definition) is 7. The first kappa shape index (κ1) is 14.8. The van der Waals surface area contributed by atoms with Gasteiger partial charge in [0.2, 0.25) is 11.9 Å². The summed E-state index contributed by atoms with van der Waals surface area (Å²) in [6.07, 6.45) is 2.27. The largest absolute Gasteiger partial charge is 0.463 e. The van der Waals surface area contributed by atoms with Crippen LogP contribution >= 0.6 is 0 Å². The molecule has 1 aromatic heterocycles. The van der Waals surface area contributed by atoms with Crippen LogP contribution in [0.25, 0.3) is 0 Å². The molecule has 7 heteroatoms. The third-order valence-electron chi connectivity index (χ3n) is 3.33. The molecule has 1 aliphatic heterocycles. The molecular weight excluding hydrogens is 258 g/mol. The Labute approximate surface area is 119 Å². The number of rotatable bonds is 7.